The van der Waals surface area contributed by atoms with Gasteiger partial charge in [-0.1, -0.05) is 0 Å². The molecule has 0 unspecified atom stereocenters. The topological polar surface area (TPSA) is 74.8 Å². The van der Waals surface area contributed by atoms with E-state index in [1.54, 1.807) is 31.1 Å². The minimum atomic E-state index is -0.237. The average Bonchev–Trinajstić information content (AvgIpc) is 3.37. The summed E-state index contributed by atoms with van der Waals surface area (Å²) < 4.78 is 7.35. The number of fused-ring (bicyclic) bond motifs is 2. The molecular formula is C21H29N5O3. The molecule has 156 valence electrons. The number of carbonyl (C=O) groups excluding carboxylic acids is 2. The van der Waals surface area contributed by atoms with Gasteiger partial charge in [0.2, 0.25) is 0 Å². The molecule has 0 radical (unpaired) electrons. The fourth-order valence-corrected chi connectivity index (χ4v) is 4.46. The molecule has 8 heteroatoms. The van der Waals surface area contributed by atoms with Crippen LogP contribution in [0.15, 0.2) is 29.0 Å². The molecule has 29 heavy (non-hydrogen) atoms. The Morgan fingerprint density at radius 2 is 1.93 bits per heavy atom. The minimum absolute atomic E-state index is 0.0344. The van der Waals surface area contributed by atoms with Gasteiger partial charge in [-0.25, -0.2) is 4.79 Å². The number of urea groups is 1. The van der Waals surface area contributed by atoms with Crippen LogP contribution in [-0.2, 0) is 12.0 Å². The van der Waals surface area contributed by atoms with Crippen LogP contribution in [0.4, 0.5) is 4.79 Å². The van der Waals surface area contributed by atoms with Gasteiger partial charge in [0.25, 0.3) is 5.91 Å². The molecule has 4 rings (SSSR count). The van der Waals surface area contributed by atoms with Crippen molar-refractivity contribution >= 4 is 11.9 Å². The molecule has 0 aromatic carbocycles. The van der Waals surface area contributed by atoms with E-state index in [2.05, 4.69) is 20.0 Å². The molecule has 0 N–H and O–H groups in total. The summed E-state index contributed by atoms with van der Waals surface area (Å²) in [5.41, 5.74) is 1.95. The van der Waals surface area contributed by atoms with Crippen LogP contribution >= 0.6 is 0 Å². The second kappa shape index (κ2) is 7.24. The first-order valence-corrected chi connectivity index (χ1v) is 10.2. The van der Waals surface area contributed by atoms with Crippen molar-refractivity contribution in [3.63, 3.8) is 0 Å². The summed E-state index contributed by atoms with van der Waals surface area (Å²) in [6.07, 6.45) is 5.18. The number of rotatable bonds is 2. The van der Waals surface area contributed by atoms with Gasteiger partial charge < -0.3 is 19.1 Å². The van der Waals surface area contributed by atoms with Crippen LogP contribution in [0, 0.1) is 0 Å². The van der Waals surface area contributed by atoms with E-state index in [0.717, 1.165) is 24.1 Å². The molecule has 0 atom stereocenters. The summed E-state index contributed by atoms with van der Waals surface area (Å²) in [6, 6.07) is 3.73. The van der Waals surface area contributed by atoms with Crippen LogP contribution in [0.25, 0.3) is 0 Å². The third-order valence-electron chi connectivity index (χ3n) is 6.09. The second-order valence-electron chi connectivity index (χ2n) is 8.66. The summed E-state index contributed by atoms with van der Waals surface area (Å²) >= 11 is 0. The van der Waals surface area contributed by atoms with E-state index in [-0.39, 0.29) is 23.4 Å². The molecule has 1 spiro atoms. The zero-order valence-corrected chi connectivity index (χ0v) is 17.6. The highest BCUT2D eigenvalue weighted by atomic mass is 16.3. The Morgan fingerprint density at radius 3 is 2.52 bits per heavy atom. The number of carbonyl (C=O) groups is 2. The molecule has 0 saturated carbocycles. The molecule has 2 aromatic heterocycles. The Bertz CT molecular complexity index is 892. The quantitative estimate of drug-likeness (QED) is 0.778. The number of furan rings is 1. The first-order valence-electron chi connectivity index (χ1n) is 10.2. The number of nitrogens with zero attached hydrogens (tertiary/aromatic N) is 5. The molecule has 2 aromatic rings. The van der Waals surface area contributed by atoms with E-state index >= 15 is 0 Å². The maximum atomic E-state index is 13.0. The lowest BCUT2D eigenvalue weighted by Crippen LogP contribution is -2.55. The van der Waals surface area contributed by atoms with E-state index in [0.29, 0.717) is 31.9 Å². The Balaban J connectivity index is 1.65. The highest BCUT2D eigenvalue weighted by molar-refractivity contribution is 5.91. The van der Waals surface area contributed by atoms with Gasteiger partial charge >= 0.3 is 6.03 Å². The summed E-state index contributed by atoms with van der Waals surface area (Å²) in [4.78, 5) is 30.8. The maximum Gasteiger partial charge on any atom is 0.319 e. The third kappa shape index (κ3) is 3.41. The molecule has 0 bridgehead atoms. The first kappa shape index (κ1) is 19.5. The Hall–Kier alpha value is -2.77. The molecule has 0 aliphatic carbocycles. The van der Waals surface area contributed by atoms with Gasteiger partial charge in [-0.2, -0.15) is 5.10 Å². The first-order chi connectivity index (χ1) is 13.8. The van der Waals surface area contributed by atoms with Crippen LogP contribution in [0.3, 0.4) is 0 Å². The van der Waals surface area contributed by atoms with E-state index in [1.165, 1.54) is 6.26 Å². The van der Waals surface area contributed by atoms with Crippen molar-refractivity contribution < 1.29 is 14.0 Å². The van der Waals surface area contributed by atoms with E-state index in [4.69, 9.17) is 9.52 Å². The molecule has 1 saturated heterocycles. The lowest BCUT2D eigenvalue weighted by molar-refractivity contribution is 0.0555. The second-order valence-corrected chi connectivity index (χ2v) is 8.66. The molecule has 8 nitrogen and oxygen atoms in total. The monoisotopic (exact) mass is 399 g/mol. The fraction of sp³-hybridized carbons (Fsp3) is 0.571. The Kier molecular flexibility index (Phi) is 4.88. The van der Waals surface area contributed by atoms with Gasteiger partial charge in [-0.15, -0.1) is 0 Å². The van der Waals surface area contributed by atoms with E-state index in [1.807, 2.05) is 14.5 Å². The van der Waals surface area contributed by atoms with Crippen LogP contribution in [-0.4, -0.2) is 70.1 Å². The smallest absolute Gasteiger partial charge is 0.319 e. The van der Waals surface area contributed by atoms with E-state index in [9.17, 15) is 9.59 Å². The van der Waals surface area contributed by atoms with Crippen LogP contribution < -0.4 is 0 Å². The van der Waals surface area contributed by atoms with Crippen LogP contribution in [0.2, 0.25) is 0 Å². The lowest BCUT2D eigenvalue weighted by Gasteiger charge is -2.46. The number of likely N-dealkylation sites (tertiary alicyclic amines) is 1. The lowest BCUT2D eigenvalue weighted by atomic mass is 9.72. The number of hydrogen-bond donors (Lipinski definition) is 0. The number of aromatic nitrogens is 2. The Labute approximate surface area is 171 Å². The average molecular weight is 399 g/mol. The van der Waals surface area contributed by atoms with Gasteiger partial charge in [0.05, 0.1) is 12.0 Å². The van der Waals surface area contributed by atoms with Crippen LogP contribution in [0.1, 0.15) is 54.5 Å². The highest BCUT2D eigenvalue weighted by Crippen LogP contribution is 2.42. The van der Waals surface area contributed by atoms with Gasteiger partial charge in [0, 0.05) is 63.5 Å². The Morgan fingerprint density at radius 1 is 1.21 bits per heavy atom. The zero-order valence-electron chi connectivity index (χ0n) is 17.6. The number of piperidine rings is 1. The summed E-state index contributed by atoms with van der Waals surface area (Å²) in [6.45, 7) is 6.66. The molecule has 4 heterocycles. The van der Waals surface area contributed by atoms with Crippen molar-refractivity contribution in [1.82, 2.24) is 24.5 Å². The third-order valence-corrected chi connectivity index (χ3v) is 6.09. The predicted molar refractivity (Wildman–Crippen MR) is 108 cm³/mol. The minimum Gasteiger partial charge on any atom is -0.459 e. The van der Waals surface area contributed by atoms with Gasteiger partial charge in [-0.3, -0.25) is 9.48 Å². The maximum absolute atomic E-state index is 13.0. The van der Waals surface area contributed by atoms with Gasteiger partial charge in [0.15, 0.2) is 5.76 Å². The zero-order chi connectivity index (χ0) is 20.8. The number of amides is 3. The predicted octanol–water partition coefficient (Wildman–Crippen LogP) is 2.73. The SMILES string of the molecule is CC(C)n1cc2c(n1)C1(CCN(C(=O)N(C)C)CC1)CN(C(=O)c1ccco1)C2. The molecule has 1 fully saturated rings. The molecule has 2 aliphatic rings. The van der Waals surface area contributed by atoms with Crippen molar-refractivity contribution in [2.24, 2.45) is 0 Å². The van der Waals surface area contributed by atoms with Gasteiger partial charge in [0.1, 0.15) is 0 Å². The van der Waals surface area contributed by atoms with Crippen molar-refractivity contribution in [2.75, 3.05) is 33.7 Å². The molecule has 3 amide bonds. The molecule has 2 aliphatic heterocycles. The largest absolute Gasteiger partial charge is 0.459 e. The summed E-state index contributed by atoms with van der Waals surface area (Å²) in [5.74, 6) is 0.268. The fourth-order valence-electron chi connectivity index (χ4n) is 4.46. The van der Waals surface area contributed by atoms with Crippen LogP contribution in [0.5, 0.6) is 0 Å². The summed E-state index contributed by atoms with van der Waals surface area (Å²) in [7, 11) is 3.55. The summed E-state index contributed by atoms with van der Waals surface area (Å²) in [5, 5.41) is 4.93. The molecular weight excluding hydrogens is 370 g/mol. The van der Waals surface area contributed by atoms with Crippen molar-refractivity contribution in [3.8, 4) is 0 Å². The van der Waals surface area contributed by atoms with E-state index < -0.39 is 0 Å². The standard InChI is InChI=1S/C21H29N5O3/c1-15(2)26-13-16-12-25(19(27)17-6-5-11-29-17)14-21(18(16)22-26)7-9-24(10-8-21)20(28)23(3)4/h5-6,11,13,15H,7-10,12,14H2,1-4H3. The van der Waals surface area contributed by atoms with Crippen molar-refractivity contribution in [2.45, 2.75) is 44.7 Å². The van der Waals surface area contributed by atoms with Crippen molar-refractivity contribution in [1.29, 1.82) is 0 Å². The number of hydrogen-bond acceptors (Lipinski definition) is 4. The van der Waals surface area contributed by atoms with Gasteiger partial charge in [-0.05, 0) is 38.8 Å². The highest BCUT2D eigenvalue weighted by Gasteiger charge is 2.46. The normalized spacial score (nSPS) is 18.2. The van der Waals surface area contributed by atoms with Crippen molar-refractivity contribution in [3.05, 3.63) is 41.6 Å².